The van der Waals surface area contributed by atoms with Gasteiger partial charge in [-0.1, -0.05) is 35.9 Å². The van der Waals surface area contributed by atoms with E-state index in [4.69, 9.17) is 30.5 Å². The van der Waals surface area contributed by atoms with Crippen molar-refractivity contribution in [1.29, 1.82) is 0 Å². The molecule has 42 heavy (non-hydrogen) atoms. The molecule has 2 fully saturated rings. The molecule has 7 nitrogen and oxygen atoms in total. The minimum Gasteiger partial charge on any atom is -0.490 e. The summed E-state index contributed by atoms with van der Waals surface area (Å²) in [6.45, 7) is 7.61. The monoisotopic (exact) mass is 591 g/mol. The zero-order valence-electron chi connectivity index (χ0n) is 24.5. The van der Waals surface area contributed by atoms with Gasteiger partial charge < -0.3 is 34.1 Å². The third kappa shape index (κ3) is 7.14. The zero-order chi connectivity index (χ0) is 28.7. The molecular formula is C34H42ClN3O4. The Morgan fingerprint density at radius 3 is 2.79 bits per heavy atom. The normalized spacial score (nSPS) is 22.1. The van der Waals surface area contributed by atoms with Gasteiger partial charge >= 0.3 is 0 Å². The number of piperidine rings is 1. The number of anilines is 2. The van der Waals surface area contributed by atoms with Crippen LogP contribution in [0.5, 0.6) is 11.5 Å². The number of rotatable bonds is 11. The van der Waals surface area contributed by atoms with Gasteiger partial charge in [-0.2, -0.15) is 0 Å². The quantitative estimate of drug-likeness (QED) is 0.279. The Balaban J connectivity index is 1.05. The Hall–Kier alpha value is -2.97. The Kier molecular flexibility index (Phi) is 9.71. The summed E-state index contributed by atoms with van der Waals surface area (Å²) in [6, 6.07) is 23.2. The molecule has 0 aliphatic carbocycles. The third-order valence-electron chi connectivity index (χ3n) is 8.58. The van der Waals surface area contributed by atoms with Crippen LogP contribution >= 0.6 is 11.6 Å². The fourth-order valence-corrected chi connectivity index (χ4v) is 6.53. The summed E-state index contributed by atoms with van der Waals surface area (Å²) in [4.78, 5) is 4.74. The third-order valence-corrected chi connectivity index (χ3v) is 8.81. The van der Waals surface area contributed by atoms with E-state index in [9.17, 15) is 0 Å². The molecule has 0 spiro atoms. The van der Waals surface area contributed by atoms with Crippen molar-refractivity contribution in [2.24, 2.45) is 0 Å². The number of halogens is 1. The summed E-state index contributed by atoms with van der Waals surface area (Å²) < 4.78 is 24.1. The molecule has 3 aliphatic rings. The van der Waals surface area contributed by atoms with Crippen molar-refractivity contribution < 1.29 is 18.9 Å². The topological polar surface area (TPSA) is 55.4 Å². The van der Waals surface area contributed by atoms with Crippen LogP contribution in [0.2, 0.25) is 5.02 Å². The molecule has 0 bridgehead atoms. The number of hydrogen-bond donors (Lipinski definition) is 1. The summed E-state index contributed by atoms with van der Waals surface area (Å²) in [5.74, 6) is 2.22. The fourth-order valence-electron chi connectivity index (χ4n) is 6.35. The second-order valence-electron chi connectivity index (χ2n) is 11.5. The van der Waals surface area contributed by atoms with Crippen molar-refractivity contribution >= 4 is 23.0 Å². The standard InChI is InChI=1S/C34H42ClN3O4/c1-39-18-3-15-37-17-19-40-33-11-6-25(20-32(33)37)24-41-34-22-36-14-12-31(34)26-7-9-29(10-8-26)42-30-13-16-38(23-30)28-5-2-4-27(35)21-28/h2,4-11,20-21,30-31,34,36H,3,12-19,22-24H2,1H3/t30-,31?,34?/m0/s1. The highest BCUT2D eigenvalue weighted by molar-refractivity contribution is 6.30. The molecule has 0 radical (unpaired) electrons. The number of benzene rings is 3. The van der Waals surface area contributed by atoms with Crippen molar-refractivity contribution in [1.82, 2.24) is 5.32 Å². The van der Waals surface area contributed by atoms with Gasteiger partial charge in [-0.25, -0.2) is 0 Å². The van der Waals surface area contributed by atoms with Gasteiger partial charge in [0.25, 0.3) is 0 Å². The zero-order valence-corrected chi connectivity index (χ0v) is 25.2. The van der Waals surface area contributed by atoms with E-state index in [2.05, 4.69) is 63.6 Å². The summed E-state index contributed by atoms with van der Waals surface area (Å²) in [5.41, 5.74) is 4.80. The lowest BCUT2D eigenvalue weighted by Crippen LogP contribution is -2.41. The second kappa shape index (κ2) is 14.0. The van der Waals surface area contributed by atoms with Crippen LogP contribution in [0.15, 0.2) is 66.7 Å². The van der Waals surface area contributed by atoms with Gasteiger partial charge in [-0.3, -0.25) is 0 Å². The van der Waals surface area contributed by atoms with Crippen molar-refractivity contribution in [2.45, 2.75) is 44.0 Å². The number of nitrogens with one attached hydrogen (secondary N) is 1. The predicted octanol–water partition coefficient (Wildman–Crippen LogP) is 5.90. The average molecular weight is 592 g/mol. The first-order valence-corrected chi connectivity index (χ1v) is 15.6. The maximum atomic E-state index is 6.57. The number of nitrogens with zero attached hydrogens (tertiary/aromatic N) is 2. The molecule has 3 aromatic rings. The van der Waals surface area contributed by atoms with Crippen LogP contribution in [0.1, 0.15) is 36.3 Å². The number of fused-ring (bicyclic) bond motifs is 1. The molecular weight excluding hydrogens is 550 g/mol. The maximum Gasteiger partial charge on any atom is 0.142 e. The number of ether oxygens (including phenoxy) is 4. The van der Waals surface area contributed by atoms with E-state index in [0.717, 1.165) is 99.6 Å². The van der Waals surface area contributed by atoms with Gasteiger partial charge in [-0.15, -0.1) is 0 Å². The van der Waals surface area contributed by atoms with E-state index >= 15 is 0 Å². The smallest absolute Gasteiger partial charge is 0.142 e. The van der Waals surface area contributed by atoms with Gasteiger partial charge in [0.15, 0.2) is 0 Å². The Bertz CT molecular complexity index is 1310. The first-order valence-electron chi connectivity index (χ1n) is 15.3. The Morgan fingerprint density at radius 2 is 1.93 bits per heavy atom. The highest BCUT2D eigenvalue weighted by atomic mass is 35.5. The van der Waals surface area contributed by atoms with Crippen LogP contribution < -0.4 is 24.6 Å². The van der Waals surface area contributed by atoms with Crippen LogP contribution in [0, 0.1) is 0 Å². The molecule has 0 aromatic heterocycles. The molecule has 8 heteroatoms. The summed E-state index contributed by atoms with van der Waals surface area (Å²) in [7, 11) is 1.76. The highest BCUT2D eigenvalue weighted by Crippen LogP contribution is 2.34. The highest BCUT2D eigenvalue weighted by Gasteiger charge is 2.28. The molecule has 3 atom stereocenters. The minimum atomic E-state index is 0.108. The molecule has 224 valence electrons. The van der Waals surface area contributed by atoms with E-state index in [-0.39, 0.29) is 12.2 Å². The lowest BCUT2D eigenvalue weighted by Gasteiger charge is -2.33. The molecule has 6 rings (SSSR count). The minimum absolute atomic E-state index is 0.108. The van der Waals surface area contributed by atoms with E-state index in [1.54, 1.807) is 7.11 Å². The van der Waals surface area contributed by atoms with Crippen molar-refractivity contribution in [3.05, 3.63) is 82.9 Å². The Morgan fingerprint density at radius 1 is 1.02 bits per heavy atom. The predicted molar refractivity (Wildman–Crippen MR) is 169 cm³/mol. The molecule has 1 N–H and O–H groups in total. The SMILES string of the molecule is COCCCN1CCOc2ccc(COC3CNCCC3c3ccc(O[C@H]4CCN(c5cccc(Cl)c5)C4)cc3)cc21. The van der Waals surface area contributed by atoms with Gasteiger partial charge in [-0.05, 0) is 73.0 Å². The Labute approximate surface area is 254 Å². The molecule has 0 saturated carbocycles. The van der Waals surface area contributed by atoms with E-state index in [1.807, 2.05) is 18.2 Å². The molecule has 2 saturated heterocycles. The first kappa shape index (κ1) is 29.1. The summed E-state index contributed by atoms with van der Waals surface area (Å²) >= 11 is 6.20. The van der Waals surface area contributed by atoms with Crippen LogP contribution in [0.3, 0.4) is 0 Å². The van der Waals surface area contributed by atoms with E-state index < -0.39 is 0 Å². The summed E-state index contributed by atoms with van der Waals surface area (Å²) in [6.07, 6.45) is 3.32. The number of hydrogen-bond acceptors (Lipinski definition) is 7. The fraction of sp³-hybridized carbons (Fsp3) is 0.471. The second-order valence-corrected chi connectivity index (χ2v) is 11.9. The average Bonchev–Trinajstić information content (AvgIpc) is 3.49. The van der Waals surface area contributed by atoms with Crippen LogP contribution in [0.25, 0.3) is 0 Å². The molecule has 3 heterocycles. The van der Waals surface area contributed by atoms with Gasteiger partial charge in [0.05, 0.1) is 31.5 Å². The maximum absolute atomic E-state index is 6.57. The van der Waals surface area contributed by atoms with Gasteiger partial charge in [0.1, 0.15) is 24.2 Å². The van der Waals surface area contributed by atoms with Crippen LogP contribution in [0.4, 0.5) is 11.4 Å². The molecule has 2 unspecified atom stereocenters. The molecule has 3 aliphatic heterocycles. The van der Waals surface area contributed by atoms with Gasteiger partial charge in [0.2, 0.25) is 0 Å². The van der Waals surface area contributed by atoms with Crippen molar-refractivity contribution in [3.63, 3.8) is 0 Å². The summed E-state index contributed by atoms with van der Waals surface area (Å²) in [5, 5.41) is 4.30. The van der Waals surface area contributed by atoms with E-state index in [1.165, 1.54) is 11.1 Å². The lowest BCUT2D eigenvalue weighted by atomic mass is 9.87. The van der Waals surface area contributed by atoms with E-state index in [0.29, 0.717) is 12.5 Å². The lowest BCUT2D eigenvalue weighted by molar-refractivity contribution is 0.0106. The largest absolute Gasteiger partial charge is 0.490 e. The van der Waals surface area contributed by atoms with Crippen molar-refractivity contribution in [3.8, 4) is 11.5 Å². The molecule has 3 aromatic carbocycles. The van der Waals surface area contributed by atoms with Crippen LogP contribution in [-0.2, 0) is 16.1 Å². The first-order chi connectivity index (χ1) is 20.7. The van der Waals surface area contributed by atoms with Crippen molar-refractivity contribution in [2.75, 3.05) is 69.4 Å². The van der Waals surface area contributed by atoms with Gasteiger partial charge in [0, 0.05) is 56.4 Å². The van der Waals surface area contributed by atoms with Crippen LogP contribution in [-0.4, -0.2) is 71.8 Å². The number of methoxy groups -OCH3 is 1. The molecule has 0 amide bonds.